The summed E-state index contributed by atoms with van der Waals surface area (Å²) < 4.78 is 10.2. The highest BCUT2D eigenvalue weighted by atomic mass is 35.5. The van der Waals surface area contributed by atoms with Crippen molar-refractivity contribution in [2.45, 2.75) is 19.6 Å². The van der Waals surface area contributed by atoms with Crippen LogP contribution in [0.4, 0.5) is 5.69 Å². The monoisotopic (exact) mass is 367 g/mol. The summed E-state index contributed by atoms with van der Waals surface area (Å²) in [6.45, 7) is 3.61. The van der Waals surface area contributed by atoms with Crippen LogP contribution in [-0.4, -0.2) is 24.7 Å². The second-order valence-corrected chi connectivity index (χ2v) is 6.60. The number of methoxy groups -OCH3 is 1. The molecule has 1 amide bonds. The number of hydrogen-bond donors (Lipinski definition) is 1. The molecule has 128 valence electrons. The van der Waals surface area contributed by atoms with Gasteiger partial charge < -0.3 is 14.5 Å². The second-order valence-electron chi connectivity index (χ2n) is 5.17. The molecule has 0 saturated heterocycles. The first-order valence-corrected chi connectivity index (χ1v) is 8.75. The fraction of sp³-hybridized carbons (Fsp3) is 0.294. The number of benzene rings is 1. The largest absolute Gasteiger partial charge is 0.465 e. The second kappa shape index (κ2) is 8.26. The van der Waals surface area contributed by atoms with Crippen LogP contribution in [0, 0.1) is 13.8 Å². The van der Waals surface area contributed by atoms with Crippen LogP contribution < -0.4 is 5.32 Å². The van der Waals surface area contributed by atoms with Crippen LogP contribution in [0.3, 0.4) is 0 Å². The van der Waals surface area contributed by atoms with Gasteiger partial charge in [0.25, 0.3) is 0 Å². The number of amides is 1. The van der Waals surface area contributed by atoms with Gasteiger partial charge in [0.05, 0.1) is 18.6 Å². The predicted octanol–water partition coefficient (Wildman–Crippen LogP) is 4.21. The van der Waals surface area contributed by atoms with Crippen LogP contribution in [0.1, 0.15) is 27.4 Å². The average Bonchev–Trinajstić information content (AvgIpc) is 2.91. The van der Waals surface area contributed by atoms with E-state index in [-0.39, 0.29) is 11.7 Å². The van der Waals surface area contributed by atoms with Gasteiger partial charge in [0, 0.05) is 10.7 Å². The molecule has 0 spiro atoms. The number of rotatable bonds is 6. The van der Waals surface area contributed by atoms with Gasteiger partial charge in [-0.2, -0.15) is 0 Å². The van der Waals surface area contributed by atoms with Gasteiger partial charge in [-0.15, -0.1) is 11.8 Å². The Labute approximate surface area is 149 Å². The molecule has 2 aromatic rings. The molecule has 0 atom stereocenters. The Morgan fingerprint density at radius 2 is 2.04 bits per heavy atom. The summed E-state index contributed by atoms with van der Waals surface area (Å²) in [5.74, 6) is 1.34. The van der Waals surface area contributed by atoms with Gasteiger partial charge in [-0.3, -0.25) is 4.79 Å². The van der Waals surface area contributed by atoms with Gasteiger partial charge >= 0.3 is 5.97 Å². The van der Waals surface area contributed by atoms with E-state index in [9.17, 15) is 9.59 Å². The van der Waals surface area contributed by atoms with Gasteiger partial charge in [0.1, 0.15) is 17.1 Å². The number of ether oxygens (including phenoxy) is 1. The van der Waals surface area contributed by atoms with Gasteiger partial charge in [-0.1, -0.05) is 17.7 Å². The third kappa shape index (κ3) is 4.79. The predicted molar refractivity (Wildman–Crippen MR) is 95.8 cm³/mol. The summed E-state index contributed by atoms with van der Waals surface area (Å²) in [7, 11) is 1.32. The fourth-order valence-corrected chi connectivity index (χ4v) is 2.96. The molecule has 0 bridgehead atoms. The summed E-state index contributed by atoms with van der Waals surface area (Å²) in [5.41, 5.74) is 2.06. The van der Waals surface area contributed by atoms with Gasteiger partial charge in [0.15, 0.2) is 0 Å². The van der Waals surface area contributed by atoms with E-state index >= 15 is 0 Å². The highest BCUT2D eigenvalue weighted by molar-refractivity contribution is 7.99. The number of furan rings is 1. The first kappa shape index (κ1) is 18.4. The Balaban J connectivity index is 1.87. The average molecular weight is 368 g/mol. The van der Waals surface area contributed by atoms with Crippen molar-refractivity contribution in [3.8, 4) is 0 Å². The first-order valence-electron chi connectivity index (χ1n) is 7.22. The van der Waals surface area contributed by atoms with E-state index in [1.807, 2.05) is 13.0 Å². The highest BCUT2D eigenvalue weighted by Gasteiger charge is 2.15. The Morgan fingerprint density at radius 1 is 1.29 bits per heavy atom. The molecule has 0 unspecified atom stereocenters. The van der Waals surface area contributed by atoms with E-state index < -0.39 is 5.97 Å². The zero-order chi connectivity index (χ0) is 17.7. The van der Waals surface area contributed by atoms with E-state index in [4.69, 9.17) is 16.0 Å². The van der Waals surface area contributed by atoms with Crippen molar-refractivity contribution in [2.24, 2.45) is 0 Å². The quantitative estimate of drug-likeness (QED) is 0.774. The van der Waals surface area contributed by atoms with Crippen LogP contribution in [-0.2, 0) is 15.3 Å². The molecule has 5 nitrogen and oxygen atoms in total. The third-order valence-corrected chi connectivity index (χ3v) is 4.52. The first-order chi connectivity index (χ1) is 11.4. The molecule has 0 aliphatic carbocycles. The number of carbonyl (C=O) groups is 2. The van der Waals surface area contributed by atoms with Crippen molar-refractivity contribution in [1.82, 2.24) is 0 Å². The summed E-state index contributed by atoms with van der Waals surface area (Å²) in [5, 5.41) is 3.41. The van der Waals surface area contributed by atoms with Crippen molar-refractivity contribution in [3.05, 3.63) is 51.9 Å². The van der Waals surface area contributed by atoms with E-state index in [0.717, 1.165) is 5.56 Å². The van der Waals surface area contributed by atoms with Crippen LogP contribution in [0.2, 0.25) is 5.02 Å². The minimum absolute atomic E-state index is 0.123. The number of nitrogens with one attached hydrogen (secondary N) is 1. The molecule has 24 heavy (non-hydrogen) atoms. The van der Waals surface area contributed by atoms with Crippen molar-refractivity contribution in [3.63, 3.8) is 0 Å². The van der Waals surface area contributed by atoms with Crippen LogP contribution >= 0.6 is 23.4 Å². The number of aryl methyl sites for hydroxylation is 2. The minimum atomic E-state index is -0.429. The molecule has 0 aliphatic rings. The van der Waals surface area contributed by atoms with Crippen LogP contribution in [0.25, 0.3) is 0 Å². The number of esters is 1. The number of anilines is 1. The summed E-state index contributed by atoms with van der Waals surface area (Å²) in [6.07, 6.45) is 0. The molecule has 1 aromatic heterocycles. The van der Waals surface area contributed by atoms with Crippen molar-refractivity contribution >= 4 is 40.9 Å². The van der Waals surface area contributed by atoms with Gasteiger partial charge in [-0.25, -0.2) is 4.79 Å². The van der Waals surface area contributed by atoms with E-state index in [0.29, 0.717) is 33.5 Å². The smallest absolute Gasteiger partial charge is 0.341 e. The van der Waals surface area contributed by atoms with E-state index in [1.165, 1.54) is 18.9 Å². The summed E-state index contributed by atoms with van der Waals surface area (Å²) >= 11 is 7.33. The lowest BCUT2D eigenvalue weighted by Crippen LogP contribution is -2.14. The summed E-state index contributed by atoms with van der Waals surface area (Å²) in [4.78, 5) is 23.5. The fourth-order valence-electron chi connectivity index (χ4n) is 2.09. The molecule has 1 N–H and O–H groups in total. The van der Waals surface area contributed by atoms with E-state index in [1.54, 1.807) is 25.1 Å². The molecule has 0 saturated carbocycles. The molecular weight excluding hydrogens is 350 g/mol. The normalized spacial score (nSPS) is 10.5. The maximum absolute atomic E-state index is 12.0. The molecule has 0 radical (unpaired) electrons. The molecule has 2 rings (SSSR count). The van der Waals surface area contributed by atoms with Crippen molar-refractivity contribution in [1.29, 1.82) is 0 Å². The summed E-state index contributed by atoms with van der Waals surface area (Å²) in [6, 6.07) is 7.00. The number of hydrogen-bond acceptors (Lipinski definition) is 5. The zero-order valence-corrected chi connectivity index (χ0v) is 15.2. The maximum atomic E-state index is 12.0. The minimum Gasteiger partial charge on any atom is -0.465 e. The highest BCUT2D eigenvalue weighted by Crippen LogP contribution is 2.22. The van der Waals surface area contributed by atoms with Gasteiger partial charge in [0.2, 0.25) is 5.91 Å². The topological polar surface area (TPSA) is 68.5 Å². The molecule has 1 aromatic carbocycles. The molecule has 7 heteroatoms. The number of carbonyl (C=O) groups excluding carboxylic acids is 2. The van der Waals surface area contributed by atoms with Crippen LogP contribution in [0.5, 0.6) is 0 Å². The molecule has 0 fully saturated rings. The Bertz CT molecular complexity index is 757. The van der Waals surface area contributed by atoms with Crippen molar-refractivity contribution < 1.29 is 18.7 Å². The number of halogens is 1. The Kier molecular flexibility index (Phi) is 6.34. The van der Waals surface area contributed by atoms with Gasteiger partial charge in [-0.05, 0) is 37.6 Å². The third-order valence-electron chi connectivity index (χ3n) is 3.33. The van der Waals surface area contributed by atoms with Crippen LogP contribution in [0.15, 0.2) is 28.7 Å². The Hall–Kier alpha value is -1.92. The lowest BCUT2D eigenvalue weighted by molar-refractivity contribution is -0.113. The maximum Gasteiger partial charge on any atom is 0.341 e. The molecule has 1 heterocycles. The lowest BCUT2D eigenvalue weighted by Gasteiger charge is -2.08. The number of thioether (sulfide) groups is 1. The SMILES string of the molecule is COC(=O)c1cc(CSCC(=O)Nc2cc(Cl)ccc2C)oc1C. The van der Waals surface area contributed by atoms with E-state index in [2.05, 4.69) is 10.1 Å². The molecular formula is C17H18ClNO4S. The molecule has 0 aliphatic heterocycles. The van der Waals surface area contributed by atoms with Crippen molar-refractivity contribution in [2.75, 3.05) is 18.2 Å². The Morgan fingerprint density at radius 3 is 2.75 bits per heavy atom. The lowest BCUT2D eigenvalue weighted by atomic mass is 10.2. The zero-order valence-electron chi connectivity index (χ0n) is 13.6. The standard InChI is InChI=1S/C17H18ClNO4S/c1-10-4-5-12(18)6-15(10)19-16(20)9-24-8-13-7-14(11(2)23-13)17(21)22-3/h4-7H,8-9H2,1-3H3,(H,19,20).